The van der Waals surface area contributed by atoms with E-state index >= 15 is 0 Å². The van der Waals surface area contributed by atoms with Crippen LogP contribution in [0.3, 0.4) is 0 Å². The molecule has 2 nitrogen and oxygen atoms in total. The van der Waals surface area contributed by atoms with E-state index in [0.717, 1.165) is 0 Å². The topological polar surface area (TPSA) is 20.3 Å². The van der Waals surface area contributed by atoms with Crippen molar-refractivity contribution in [1.82, 2.24) is 4.90 Å². The summed E-state index contributed by atoms with van der Waals surface area (Å²) in [5.74, 6) is -0.0139. The van der Waals surface area contributed by atoms with Gasteiger partial charge in [0.15, 0.2) is 0 Å². The zero-order valence-corrected chi connectivity index (χ0v) is 6.20. The van der Waals surface area contributed by atoms with Crippen LogP contribution in [0.1, 0.15) is 0 Å². The van der Waals surface area contributed by atoms with Crippen molar-refractivity contribution in [2.45, 2.75) is 0 Å². The molecular weight excluding hydrogens is 126 g/mol. The molecule has 0 fully saturated rings. The van der Waals surface area contributed by atoms with Crippen LogP contribution in [0.2, 0.25) is 0 Å². The molecule has 0 spiro atoms. The zero-order valence-electron chi connectivity index (χ0n) is 5.44. The zero-order chi connectivity index (χ0) is 6.99. The number of hydrogen-bond donors (Lipinski definition) is 0. The van der Waals surface area contributed by atoms with E-state index in [4.69, 9.17) is 16.4 Å². The van der Waals surface area contributed by atoms with Gasteiger partial charge in [0.05, 0.1) is 5.88 Å². The average Bonchev–Trinajstić information content (AvgIpc) is 1.65. The van der Waals surface area contributed by atoms with Crippen molar-refractivity contribution in [1.29, 1.82) is 0 Å². The summed E-state index contributed by atoms with van der Waals surface area (Å²) in [6, 6.07) is 0. The maximum Gasteiger partial charge on any atom is 0.214 e. The fraction of sp³-hybridized carbons (Fsp3) is 0.800. The van der Waals surface area contributed by atoms with Crippen LogP contribution in [0.5, 0.6) is 0 Å². The number of halogens is 1. The van der Waals surface area contributed by atoms with Crippen LogP contribution in [0.15, 0.2) is 0 Å². The molecule has 0 N–H and O–H groups in total. The second-order valence-corrected chi connectivity index (χ2v) is 1.89. The average molecular weight is 137 g/mol. The summed E-state index contributed by atoms with van der Waals surface area (Å²) in [7, 11) is 6.00. The Bertz CT molecular complexity index is 44.9. The summed E-state index contributed by atoms with van der Waals surface area (Å²) in [5.41, 5.74) is 0. The van der Waals surface area contributed by atoms with Crippen LogP contribution < -0.4 is 0 Å². The second kappa shape index (κ2) is 10.0. The number of nitrogens with zero attached hydrogens (tertiary/aromatic N) is 1. The van der Waals surface area contributed by atoms with Crippen LogP contribution in [0.4, 0.5) is 0 Å². The summed E-state index contributed by atoms with van der Waals surface area (Å²) in [5, 5.41) is 0. The molecule has 0 saturated heterocycles. The van der Waals surface area contributed by atoms with Gasteiger partial charge >= 0.3 is 0 Å². The molecule has 0 rings (SSSR count). The lowest BCUT2D eigenvalue weighted by Crippen LogP contribution is -1.99. The maximum absolute atomic E-state index is 8.92. The first-order chi connectivity index (χ1) is 3.65. The SMILES string of the molecule is CN(C)C.O=[C]CCl. The normalized spacial score (nSPS) is 7.62. The van der Waals surface area contributed by atoms with Gasteiger partial charge in [-0.2, -0.15) is 0 Å². The summed E-state index contributed by atoms with van der Waals surface area (Å²) < 4.78 is 0. The molecule has 49 valence electrons. The van der Waals surface area contributed by atoms with Crippen LogP contribution in [0, 0.1) is 0 Å². The van der Waals surface area contributed by atoms with Gasteiger partial charge in [-0.05, 0) is 21.1 Å². The van der Waals surface area contributed by atoms with Crippen LogP contribution in [-0.4, -0.2) is 38.2 Å². The highest BCUT2D eigenvalue weighted by Gasteiger charge is 1.59. The summed E-state index contributed by atoms with van der Waals surface area (Å²) in [4.78, 5) is 10.9. The first-order valence-corrected chi connectivity index (χ1v) is 2.70. The lowest BCUT2D eigenvalue weighted by atomic mass is 10.9. The molecule has 0 bridgehead atoms. The molecule has 0 amide bonds. The highest BCUT2D eigenvalue weighted by Crippen LogP contribution is 1.57. The largest absolute Gasteiger partial charge is 0.312 e. The Balaban J connectivity index is 0. The Morgan fingerprint density at radius 3 is 1.62 bits per heavy atom. The van der Waals surface area contributed by atoms with Gasteiger partial charge in [0.1, 0.15) is 0 Å². The molecular formula is C5H11ClNO. The molecule has 0 aromatic heterocycles. The predicted molar refractivity (Wildman–Crippen MR) is 36.0 cm³/mol. The number of hydrogen-bond acceptors (Lipinski definition) is 2. The third-order valence-electron chi connectivity index (χ3n) is 0.0546. The van der Waals surface area contributed by atoms with Crippen LogP contribution in [0.25, 0.3) is 0 Å². The monoisotopic (exact) mass is 136 g/mol. The molecule has 0 aromatic rings. The smallest absolute Gasteiger partial charge is 0.214 e. The molecule has 3 heteroatoms. The Morgan fingerprint density at radius 2 is 1.62 bits per heavy atom. The molecule has 0 atom stereocenters. The van der Waals surface area contributed by atoms with Gasteiger partial charge in [-0.3, -0.25) is 4.79 Å². The Kier molecular flexibility index (Phi) is 13.6. The minimum Gasteiger partial charge on any atom is -0.312 e. The molecule has 0 aliphatic rings. The maximum atomic E-state index is 8.92. The molecule has 0 saturated carbocycles. The van der Waals surface area contributed by atoms with Gasteiger partial charge < -0.3 is 4.90 Å². The molecule has 0 aliphatic heterocycles. The van der Waals surface area contributed by atoms with Crippen molar-refractivity contribution in [3.05, 3.63) is 0 Å². The van der Waals surface area contributed by atoms with Gasteiger partial charge in [-0.15, -0.1) is 11.6 Å². The first-order valence-electron chi connectivity index (χ1n) is 2.17. The number of carbonyl (C=O) groups excluding carboxylic acids is 1. The molecule has 0 unspecified atom stereocenters. The minimum atomic E-state index is -0.0139. The lowest BCUT2D eigenvalue weighted by molar-refractivity contribution is 0.505. The molecule has 0 aromatic carbocycles. The summed E-state index contributed by atoms with van der Waals surface area (Å²) in [6.45, 7) is 0. The van der Waals surface area contributed by atoms with E-state index < -0.39 is 0 Å². The van der Waals surface area contributed by atoms with Crippen molar-refractivity contribution >= 4 is 17.9 Å². The molecule has 8 heavy (non-hydrogen) atoms. The summed E-state index contributed by atoms with van der Waals surface area (Å²) >= 11 is 4.76. The van der Waals surface area contributed by atoms with Gasteiger partial charge in [-0.25, -0.2) is 0 Å². The summed E-state index contributed by atoms with van der Waals surface area (Å²) in [6.07, 6.45) is 1.45. The Labute approximate surface area is 55.4 Å². The second-order valence-electron chi connectivity index (χ2n) is 1.62. The van der Waals surface area contributed by atoms with E-state index in [-0.39, 0.29) is 5.88 Å². The number of rotatable bonds is 1. The van der Waals surface area contributed by atoms with E-state index in [1.807, 2.05) is 26.0 Å². The lowest BCUT2D eigenvalue weighted by Gasteiger charge is -1.90. The first kappa shape index (κ1) is 10.8. The highest BCUT2D eigenvalue weighted by atomic mass is 35.5. The van der Waals surface area contributed by atoms with Crippen molar-refractivity contribution in [2.24, 2.45) is 0 Å². The van der Waals surface area contributed by atoms with Crippen LogP contribution in [-0.2, 0) is 4.79 Å². The van der Waals surface area contributed by atoms with Crippen LogP contribution >= 0.6 is 11.6 Å². The van der Waals surface area contributed by atoms with Gasteiger partial charge in [0, 0.05) is 0 Å². The van der Waals surface area contributed by atoms with Crippen molar-refractivity contribution in [3.63, 3.8) is 0 Å². The standard InChI is InChI=1S/C3H9N.C2H2ClO/c1-4(2)3;3-1-2-4/h1-3H3;1H2. The van der Waals surface area contributed by atoms with E-state index in [2.05, 4.69) is 0 Å². The van der Waals surface area contributed by atoms with E-state index in [1.165, 1.54) is 6.29 Å². The van der Waals surface area contributed by atoms with Crippen molar-refractivity contribution in [2.75, 3.05) is 27.0 Å². The molecule has 0 heterocycles. The van der Waals surface area contributed by atoms with Gasteiger partial charge in [0.2, 0.25) is 6.29 Å². The van der Waals surface area contributed by atoms with E-state index in [0.29, 0.717) is 0 Å². The quantitative estimate of drug-likeness (QED) is 0.490. The fourth-order valence-corrected chi connectivity index (χ4v) is 0. The molecule has 1 radical (unpaired) electrons. The third-order valence-corrected chi connectivity index (χ3v) is 0.164. The predicted octanol–water partition coefficient (Wildman–Crippen LogP) is 0.513. The van der Waals surface area contributed by atoms with Crippen molar-refractivity contribution < 1.29 is 4.79 Å². The highest BCUT2D eigenvalue weighted by molar-refractivity contribution is 6.24. The fourth-order valence-electron chi connectivity index (χ4n) is 0. The van der Waals surface area contributed by atoms with Gasteiger partial charge in [-0.1, -0.05) is 0 Å². The van der Waals surface area contributed by atoms with Gasteiger partial charge in [0.25, 0.3) is 0 Å². The Morgan fingerprint density at radius 1 is 1.50 bits per heavy atom. The van der Waals surface area contributed by atoms with E-state index in [9.17, 15) is 0 Å². The Hall–Kier alpha value is -0.0800. The van der Waals surface area contributed by atoms with E-state index in [1.54, 1.807) is 0 Å². The molecule has 0 aliphatic carbocycles. The number of alkyl halides is 1. The third kappa shape index (κ3) is 169. The van der Waals surface area contributed by atoms with Crippen molar-refractivity contribution in [3.8, 4) is 0 Å². The minimum absolute atomic E-state index is 0.0139.